The highest BCUT2D eigenvalue weighted by Crippen LogP contribution is 2.23. The Morgan fingerprint density at radius 1 is 0.886 bits per heavy atom. The fraction of sp³-hybridized carbons (Fsp3) is 0.571. The lowest BCUT2D eigenvalue weighted by Crippen LogP contribution is -2.23. The maximum absolute atomic E-state index is 8.36. The van der Waals surface area contributed by atoms with Crippen molar-refractivity contribution in [2.45, 2.75) is 25.0 Å². The van der Waals surface area contributed by atoms with E-state index in [1.165, 1.54) is 0 Å². The Bertz CT molecular complexity index is 863. The van der Waals surface area contributed by atoms with Gasteiger partial charge in [-0.3, -0.25) is 4.79 Å². The third kappa shape index (κ3) is 8.26. The second-order valence-corrected chi connectivity index (χ2v) is 7.73. The average molecular weight is 493 g/mol. The molecule has 7 N–H and O–H groups in total. The predicted octanol–water partition coefficient (Wildman–Crippen LogP) is 0.352. The zero-order valence-corrected chi connectivity index (χ0v) is 20.6. The van der Waals surface area contributed by atoms with Crippen molar-refractivity contribution in [3.8, 4) is 0 Å². The number of nitrogens with one attached hydrogen (secondary N) is 2. The first-order valence-electron chi connectivity index (χ1n) is 11.1. The van der Waals surface area contributed by atoms with Crippen LogP contribution in [0.25, 0.3) is 0 Å². The van der Waals surface area contributed by atoms with Crippen LogP contribution >= 0.6 is 0 Å². The normalized spacial score (nSPS) is 18.7. The van der Waals surface area contributed by atoms with Gasteiger partial charge in [0.1, 0.15) is 23.3 Å². The number of aromatic nitrogens is 4. The summed E-state index contributed by atoms with van der Waals surface area (Å²) >= 11 is 0. The number of rotatable bonds is 6. The van der Waals surface area contributed by atoms with Crippen LogP contribution in [0.3, 0.4) is 0 Å². The smallest absolute Gasteiger partial charge is 0.290 e. The molecule has 14 heteroatoms. The molecule has 14 nitrogen and oxygen atoms in total. The van der Waals surface area contributed by atoms with E-state index in [4.69, 9.17) is 30.8 Å². The summed E-state index contributed by atoms with van der Waals surface area (Å²) < 4.78 is 10.6. The molecule has 2 saturated heterocycles. The molecule has 0 saturated carbocycles. The summed E-state index contributed by atoms with van der Waals surface area (Å²) in [5, 5.41) is 12.8. The Hall–Kier alpha value is -3.65. The van der Waals surface area contributed by atoms with E-state index in [1.54, 1.807) is 14.2 Å². The third-order valence-electron chi connectivity index (χ3n) is 5.58. The lowest BCUT2D eigenvalue weighted by atomic mass is 10.3. The molecule has 4 rings (SSSR count). The van der Waals surface area contributed by atoms with Crippen LogP contribution in [0.15, 0.2) is 12.1 Å². The van der Waals surface area contributed by atoms with Gasteiger partial charge in [0, 0.05) is 66.6 Å². The number of carbonyl (C=O) groups is 1. The monoisotopic (exact) mass is 492 g/mol. The van der Waals surface area contributed by atoms with Gasteiger partial charge in [-0.05, 0) is 12.8 Å². The van der Waals surface area contributed by atoms with Crippen molar-refractivity contribution in [1.29, 1.82) is 0 Å². The van der Waals surface area contributed by atoms with Crippen molar-refractivity contribution >= 4 is 41.6 Å². The van der Waals surface area contributed by atoms with Crippen molar-refractivity contribution in [1.82, 2.24) is 19.9 Å². The van der Waals surface area contributed by atoms with E-state index >= 15 is 0 Å². The number of ether oxygens (including phenoxy) is 2. The number of anilines is 6. The Kier molecular flexibility index (Phi) is 11.0. The number of carboxylic acid groups (broad SMARTS) is 1. The first-order chi connectivity index (χ1) is 16.9. The van der Waals surface area contributed by atoms with Gasteiger partial charge in [-0.25, -0.2) is 0 Å². The summed E-state index contributed by atoms with van der Waals surface area (Å²) in [6.45, 7) is 3.35. The molecule has 2 aromatic rings. The zero-order valence-electron chi connectivity index (χ0n) is 20.6. The lowest BCUT2D eigenvalue weighted by molar-refractivity contribution is -0.122. The number of hydrogen-bond acceptors (Lipinski definition) is 13. The van der Waals surface area contributed by atoms with Gasteiger partial charge >= 0.3 is 0 Å². The van der Waals surface area contributed by atoms with E-state index < -0.39 is 0 Å². The first-order valence-corrected chi connectivity index (χ1v) is 11.1. The maximum atomic E-state index is 8.36. The van der Waals surface area contributed by atoms with E-state index in [2.05, 4.69) is 40.4 Å². The highest BCUT2D eigenvalue weighted by molar-refractivity contribution is 5.54. The fourth-order valence-electron chi connectivity index (χ4n) is 3.74. The van der Waals surface area contributed by atoms with Crippen molar-refractivity contribution in [2.24, 2.45) is 0 Å². The molecule has 0 bridgehead atoms. The van der Waals surface area contributed by atoms with E-state index in [0.29, 0.717) is 11.9 Å². The molecule has 35 heavy (non-hydrogen) atoms. The molecule has 0 aliphatic carbocycles. The van der Waals surface area contributed by atoms with Crippen LogP contribution in [0, 0.1) is 0 Å². The Balaban J connectivity index is 0.000000222. The quantitative estimate of drug-likeness (QED) is 0.347. The van der Waals surface area contributed by atoms with Gasteiger partial charge < -0.3 is 46.5 Å². The number of nitrogens with zero attached hydrogens (tertiary/aromatic N) is 6. The molecule has 0 aromatic carbocycles. The second kappa shape index (κ2) is 13.9. The van der Waals surface area contributed by atoms with Crippen molar-refractivity contribution in [3.05, 3.63) is 12.1 Å². The Morgan fingerprint density at radius 2 is 1.26 bits per heavy atom. The minimum atomic E-state index is -0.250. The second-order valence-electron chi connectivity index (χ2n) is 7.73. The Labute approximate surface area is 205 Å². The molecular weight excluding hydrogens is 456 g/mol. The van der Waals surface area contributed by atoms with Gasteiger partial charge in [-0.1, -0.05) is 0 Å². The third-order valence-corrected chi connectivity index (χ3v) is 5.58. The summed E-state index contributed by atoms with van der Waals surface area (Å²) in [6, 6.07) is 3.79. The fourth-order valence-corrected chi connectivity index (χ4v) is 3.74. The SMILES string of the molecule is CNc1cc(N2CCC(OC)C2)nc(N)n1.CNc1cc(N2CCC(OC)C2)nc(N)n1.O=CO. The highest BCUT2D eigenvalue weighted by Gasteiger charge is 2.24. The van der Waals surface area contributed by atoms with Crippen LogP contribution in [0.5, 0.6) is 0 Å². The van der Waals surface area contributed by atoms with Crippen LogP contribution < -0.4 is 31.9 Å². The van der Waals surface area contributed by atoms with E-state index in [9.17, 15) is 0 Å². The lowest BCUT2D eigenvalue weighted by Gasteiger charge is -2.17. The summed E-state index contributed by atoms with van der Waals surface area (Å²) in [4.78, 5) is 29.3. The van der Waals surface area contributed by atoms with Crippen LogP contribution in [-0.2, 0) is 14.3 Å². The highest BCUT2D eigenvalue weighted by atomic mass is 16.5. The molecular formula is C21H36N10O4. The average Bonchev–Trinajstić information content (AvgIpc) is 3.54. The summed E-state index contributed by atoms with van der Waals surface area (Å²) in [5.74, 6) is 3.78. The van der Waals surface area contributed by atoms with E-state index in [0.717, 1.165) is 62.3 Å². The number of nitrogens with two attached hydrogens (primary N) is 2. The summed E-state index contributed by atoms with van der Waals surface area (Å²) in [7, 11) is 7.10. The topological polar surface area (TPSA) is 190 Å². The van der Waals surface area contributed by atoms with Gasteiger partial charge in [0.25, 0.3) is 6.47 Å². The molecule has 0 spiro atoms. The largest absolute Gasteiger partial charge is 0.483 e. The number of nitrogen functional groups attached to an aromatic ring is 2. The summed E-state index contributed by atoms with van der Waals surface area (Å²) in [6.07, 6.45) is 2.62. The van der Waals surface area contributed by atoms with E-state index in [-0.39, 0.29) is 18.7 Å². The first kappa shape index (κ1) is 27.6. The number of methoxy groups -OCH3 is 2. The van der Waals surface area contributed by atoms with Crippen LogP contribution in [0.4, 0.5) is 35.2 Å². The number of hydrogen-bond donors (Lipinski definition) is 5. The maximum Gasteiger partial charge on any atom is 0.290 e. The minimum absolute atomic E-state index is 0.250. The van der Waals surface area contributed by atoms with Gasteiger partial charge in [0.2, 0.25) is 11.9 Å². The molecule has 0 amide bonds. The van der Waals surface area contributed by atoms with Crippen molar-refractivity contribution in [3.63, 3.8) is 0 Å². The van der Waals surface area contributed by atoms with Crippen molar-refractivity contribution < 1.29 is 19.4 Å². The van der Waals surface area contributed by atoms with Crippen LogP contribution in [-0.4, -0.2) is 98.2 Å². The van der Waals surface area contributed by atoms with Gasteiger partial charge in [0.05, 0.1) is 12.2 Å². The Morgan fingerprint density at radius 3 is 1.54 bits per heavy atom. The molecule has 2 aromatic heterocycles. The predicted molar refractivity (Wildman–Crippen MR) is 136 cm³/mol. The van der Waals surface area contributed by atoms with E-state index in [1.807, 2.05) is 26.2 Å². The van der Waals surface area contributed by atoms with Gasteiger partial charge in [-0.2, -0.15) is 19.9 Å². The van der Waals surface area contributed by atoms with Crippen LogP contribution in [0.2, 0.25) is 0 Å². The molecule has 2 aliphatic rings. The molecule has 0 radical (unpaired) electrons. The zero-order chi connectivity index (χ0) is 25.8. The molecule has 4 heterocycles. The molecule has 2 fully saturated rings. The standard InChI is InChI=1S/2C10H17N5O.CH2O2/c2*1-12-8-5-9(14-10(11)13-8)15-4-3-7(6-15)16-2;2-1-3/h2*5,7H,3-4,6H2,1-2H3,(H3,11,12,13,14);1H,(H,2,3). The minimum Gasteiger partial charge on any atom is -0.483 e. The molecule has 2 aliphatic heterocycles. The van der Waals surface area contributed by atoms with Crippen molar-refractivity contribution in [2.75, 3.05) is 86.4 Å². The molecule has 2 atom stereocenters. The molecule has 2 unspecified atom stereocenters. The van der Waals surface area contributed by atoms with Gasteiger partial charge in [0.15, 0.2) is 0 Å². The van der Waals surface area contributed by atoms with Crippen LogP contribution in [0.1, 0.15) is 12.8 Å². The summed E-state index contributed by atoms with van der Waals surface area (Å²) in [5.41, 5.74) is 11.3. The van der Waals surface area contributed by atoms with Gasteiger partial charge in [-0.15, -0.1) is 0 Å². The molecule has 194 valence electrons.